The maximum absolute atomic E-state index is 5.73. The predicted octanol–water partition coefficient (Wildman–Crippen LogP) is 3.13. The summed E-state index contributed by atoms with van der Waals surface area (Å²) in [4.78, 5) is 9.39. The molecule has 1 heterocycles. The van der Waals surface area contributed by atoms with Crippen molar-refractivity contribution in [2.75, 3.05) is 6.54 Å². The van der Waals surface area contributed by atoms with E-state index in [2.05, 4.69) is 52.0 Å². The number of nitrogens with zero attached hydrogens (tertiary/aromatic N) is 2. The molecule has 1 aromatic carbocycles. The Morgan fingerprint density at radius 1 is 1.10 bits per heavy atom. The van der Waals surface area contributed by atoms with Crippen LogP contribution in [-0.4, -0.2) is 16.5 Å². The van der Waals surface area contributed by atoms with Gasteiger partial charge in [0.1, 0.15) is 5.82 Å². The first kappa shape index (κ1) is 15.6. The van der Waals surface area contributed by atoms with Gasteiger partial charge >= 0.3 is 0 Å². The minimum Gasteiger partial charge on any atom is -0.330 e. The molecule has 0 radical (unpaired) electrons. The normalized spacial score (nSPS) is 12.4. The third-order valence-electron chi connectivity index (χ3n) is 3.87. The molecule has 2 N–H and O–H groups in total. The minimum atomic E-state index is 0.466. The fourth-order valence-corrected chi connectivity index (χ4v) is 2.62. The van der Waals surface area contributed by atoms with E-state index < -0.39 is 0 Å². The van der Waals surface area contributed by atoms with Gasteiger partial charge in [-0.05, 0) is 50.8 Å². The summed E-state index contributed by atoms with van der Waals surface area (Å²) in [6.07, 6.45) is 1.75. The summed E-state index contributed by atoms with van der Waals surface area (Å²) in [7, 11) is 0. The summed E-state index contributed by atoms with van der Waals surface area (Å²) in [6, 6.07) is 8.52. The number of hydrogen-bond acceptors (Lipinski definition) is 3. The van der Waals surface area contributed by atoms with E-state index in [0.29, 0.717) is 12.5 Å². The van der Waals surface area contributed by atoms with Gasteiger partial charge in [0.15, 0.2) is 0 Å². The molecule has 1 unspecified atom stereocenters. The van der Waals surface area contributed by atoms with Gasteiger partial charge in [0, 0.05) is 17.8 Å². The zero-order valence-electron chi connectivity index (χ0n) is 13.5. The van der Waals surface area contributed by atoms with Crippen LogP contribution in [0.5, 0.6) is 0 Å². The quantitative estimate of drug-likeness (QED) is 0.917. The van der Waals surface area contributed by atoms with Crippen molar-refractivity contribution in [1.82, 2.24) is 9.97 Å². The number of hydrogen-bond donors (Lipinski definition) is 1. The van der Waals surface area contributed by atoms with Crippen molar-refractivity contribution in [3.05, 3.63) is 58.2 Å². The van der Waals surface area contributed by atoms with E-state index in [4.69, 9.17) is 15.7 Å². The summed E-state index contributed by atoms with van der Waals surface area (Å²) in [5.41, 5.74) is 11.7. The Hall–Kier alpha value is -1.74. The van der Waals surface area contributed by atoms with Gasteiger partial charge in [-0.25, -0.2) is 9.97 Å². The van der Waals surface area contributed by atoms with Crippen LogP contribution in [0.25, 0.3) is 0 Å². The van der Waals surface area contributed by atoms with E-state index in [-0.39, 0.29) is 0 Å². The number of rotatable bonds is 5. The van der Waals surface area contributed by atoms with Crippen LogP contribution in [0.3, 0.4) is 0 Å². The van der Waals surface area contributed by atoms with Crippen LogP contribution in [0, 0.1) is 26.7 Å². The first-order valence-corrected chi connectivity index (χ1v) is 7.58. The molecule has 1 aromatic heterocycles. The van der Waals surface area contributed by atoms with Crippen molar-refractivity contribution < 1.29 is 0 Å². The molecule has 0 fully saturated rings. The summed E-state index contributed by atoms with van der Waals surface area (Å²) < 4.78 is 0. The highest BCUT2D eigenvalue weighted by atomic mass is 14.9. The first-order valence-electron chi connectivity index (χ1n) is 7.58. The van der Waals surface area contributed by atoms with Gasteiger partial charge in [0.2, 0.25) is 0 Å². The molecule has 112 valence electrons. The second-order valence-corrected chi connectivity index (χ2v) is 6.00. The van der Waals surface area contributed by atoms with Crippen molar-refractivity contribution >= 4 is 0 Å². The lowest BCUT2D eigenvalue weighted by molar-refractivity contribution is 0.584. The number of benzene rings is 1. The van der Waals surface area contributed by atoms with Crippen molar-refractivity contribution in [3.63, 3.8) is 0 Å². The van der Waals surface area contributed by atoms with Gasteiger partial charge in [-0.2, -0.15) is 0 Å². The third-order valence-corrected chi connectivity index (χ3v) is 3.87. The highest BCUT2D eigenvalue weighted by molar-refractivity contribution is 5.28. The molecule has 3 heteroatoms. The van der Waals surface area contributed by atoms with Gasteiger partial charge in [-0.3, -0.25) is 0 Å². The molecule has 0 saturated carbocycles. The summed E-state index contributed by atoms with van der Waals surface area (Å²) in [6.45, 7) is 9.13. The average Bonchev–Trinajstić information content (AvgIpc) is 2.42. The molecule has 0 aliphatic rings. The number of aromatic nitrogens is 2. The lowest BCUT2D eigenvalue weighted by Gasteiger charge is -2.14. The van der Waals surface area contributed by atoms with E-state index in [9.17, 15) is 0 Å². The van der Waals surface area contributed by atoms with E-state index in [0.717, 1.165) is 30.1 Å². The molecule has 2 aromatic rings. The molecule has 0 aliphatic heterocycles. The number of aryl methyl sites for hydroxylation is 3. The second-order valence-electron chi connectivity index (χ2n) is 6.00. The standard InChI is InChI=1S/C18H25N3/c1-12-6-5-7-16(8-12)10-18-20-14(3)17(15(4)21-18)9-13(2)11-19/h5-8,13H,9-11,19H2,1-4H3. The Morgan fingerprint density at radius 3 is 2.33 bits per heavy atom. The van der Waals surface area contributed by atoms with Gasteiger partial charge in [-0.15, -0.1) is 0 Å². The molecule has 2 rings (SSSR count). The Kier molecular flexibility index (Phi) is 5.07. The first-order chi connectivity index (χ1) is 9.99. The van der Waals surface area contributed by atoms with E-state index in [1.54, 1.807) is 0 Å². The van der Waals surface area contributed by atoms with Gasteiger partial charge in [0.25, 0.3) is 0 Å². The molecule has 0 aliphatic carbocycles. The monoisotopic (exact) mass is 283 g/mol. The predicted molar refractivity (Wildman–Crippen MR) is 87.4 cm³/mol. The van der Waals surface area contributed by atoms with Crippen LogP contribution in [0.4, 0.5) is 0 Å². The highest BCUT2D eigenvalue weighted by Gasteiger charge is 2.11. The lowest BCUT2D eigenvalue weighted by atomic mass is 9.98. The van der Waals surface area contributed by atoms with Gasteiger partial charge < -0.3 is 5.73 Å². The zero-order valence-corrected chi connectivity index (χ0v) is 13.5. The smallest absolute Gasteiger partial charge is 0.133 e. The van der Waals surface area contributed by atoms with Crippen LogP contribution in [-0.2, 0) is 12.8 Å². The topological polar surface area (TPSA) is 51.8 Å². The van der Waals surface area contributed by atoms with E-state index in [1.807, 2.05) is 0 Å². The molecule has 1 atom stereocenters. The van der Waals surface area contributed by atoms with E-state index >= 15 is 0 Å². The van der Waals surface area contributed by atoms with Crippen molar-refractivity contribution in [2.24, 2.45) is 11.7 Å². The van der Waals surface area contributed by atoms with Crippen LogP contribution in [0.1, 0.15) is 40.8 Å². The van der Waals surface area contributed by atoms with Crippen LogP contribution < -0.4 is 5.73 Å². The molecule has 0 spiro atoms. The minimum absolute atomic E-state index is 0.466. The van der Waals surface area contributed by atoms with Crippen LogP contribution in [0.15, 0.2) is 24.3 Å². The largest absolute Gasteiger partial charge is 0.330 e. The Balaban J connectivity index is 2.23. The van der Waals surface area contributed by atoms with Gasteiger partial charge in [0.05, 0.1) is 0 Å². The van der Waals surface area contributed by atoms with Crippen molar-refractivity contribution in [3.8, 4) is 0 Å². The van der Waals surface area contributed by atoms with Crippen LogP contribution in [0.2, 0.25) is 0 Å². The van der Waals surface area contributed by atoms with E-state index in [1.165, 1.54) is 16.7 Å². The molecule has 0 saturated heterocycles. The van der Waals surface area contributed by atoms with Crippen molar-refractivity contribution in [1.29, 1.82) is 0 Å². The van der Waals surface area contributed by atoms with Crippen molar-refractivity contribution in [2.45, 2.75) is 40.5 Å². The van der Waals surface area contributed by atoms with Crippen LogP contribution >= 0.6 is 0 Å². The van der Waals surface area contributed by atoms with Gasteiger partial charge in [-0.1, -0.05) is 36.8 Å². The maximum atomic E-state index is 5.73. The fraction of sp³-hybridized carbons (Fsp3) is 0.444. The molecule has 3 nitrogen and oxygen atoms in total. The summed E-state index contributed by atoms with van der Waals surface area (Å²) in [5.74, 6) is 1.37. The number of nitrogens with two attached hydrogens (primary N) is 1. The lowest BCUT2D eigenvalue weighted by Crippen LogP contribution is -2.16. The Labute approximate surface area is 127 Å². The Bertz CT molecular complexity index is 597. The summed E-state index contributed by atoms with van der Waals surface area (Å²) in [5, 5.41) is 0. The molecule has 0 bridgehead atoms. The third kappa shape index (κ3) is 4.11. The maximum Gasteiger partial charge on any atom is 0.133 e. The molecular weight excluding hydrogens is 258 g/mol. The molecule has 0 amide bonds. The molecule has 21 heavy (non-hydrogen) atoms. The zero-order chi connectivity index (χ0) is 15.4. The Morgan fingerprint density at radius 2 is 1.76 bits per heavy atom. The summed E-state index contributed by atoms with van der Waals surface area (Å²) >= 11 is 0. The second kappa shape index (κ2) is 6.81. The average molecular weight is 283 g/mol. The highest BCUT2D eigenvalue weighted by Crippen LogP contribution is 2.17. The fourth-order valence-electron chi connectivity index (χ4n) is 2.62. The molecular formula is C18H25N3. The SMILES string of the molecule is Cc1cccc(Cc2nc(C)c(CC(C)CN)c(C)n2)c1.